The fourth-order valence-corrected chi connectivity index (χ4v) is 4.44. The maximum Gasteiger partial charge on any atom is 0.309 e. The Morgan fingerprint density at radius 2 is 1.75 bits per heavy atom. The fourth-order valence-electron chi connectivity index (χ4n) is 4.44. The van der Waals surface area contributed by atoms with Crippen LogP contribution in [0.1, 0.15) is 25.7 Å². The number of aliphatic carboxylic acids is 1. The van der Waals surface area contributed by atoms with Gasteiger partial charge in [-0.25, -0.2) is 0 Å². The van der Waals surface area contributed by atoms with E-state index in [1.54, 1.807) is 0 Å². The summed E-state index contributed by atoms with van der Waals surface area (Å²) in [5.41, 5.74) is 0.196. The second kappa shape index (κ2) is 2.99. The van der Waals surface area contributed by atoms with Crippen molar-refractivity contribution in [1.29, 1.82) is 0 Å². The minimum atomic E-state index is -0.811. The summed E-state index contributed by atoms with van der Waals surface area (Å²) >= 11 is 0. The van der Waals surface area contributed by atoms with Crippen LogP contribution in [0.5, 0.6) is 0 Å². The predicted octanol–water partition coefficient (Wildman–Crippen LogP) is 1.30. The predicted molar refractivity (Wildman–Crippen MR) is 54.5 cm³/mol. The second-order valence-corrected chi connectivity index (χ2v) is 5.44. The van der Waals surface area contributed by atoms with Crippen molar-refractivity contribution < 1.29 is 19.4 Å². The van der Waals surface area contributed by atoms with Gasteiger partial charge in [0.05, 0.1) is 18.9 Å². The molecule has 4 atom stereocenters. The van der Waals surface area contributed by atoms with E-state index in [9.17, 15) is 14.7 Å². The summed E-state index contributed by atoms with van der Waals surface area (Å²) in [6.07, 6.45) is 4.21. The molecular formula is C12H16O4. The summed E-state index contributed by atoms with van der Waals surface area (Å²) < 4.78 is 4.79. The first-order valence-electron chi connectivity index (χ1n) is 5.92. The van der Waals surface area contributed by atoms with Gasteiger partial charge in [0.25, 0.3) is 0 Å². The van der Waals surface area contributed by atoms with Crippen LogP contribution < -0.4 is 0 Å². The Kier molecular flexibility index (Phi) is 1.89. The molecule has 16 heavy (non-hydrogen) atoms. The Balaban J connectivity index is 1.97. The minimum absolute atomic E-state index is 0.196. The first kappa shape index (κ1) is 10.1. The molecule has 0 aromatic rings. The highest BCUT2D eigenvalue weighted by Gasteiger charge is 2.72. The lowest BCUT2D eigenvalue weighted by Crippen LogP contribution is -2.35. The first-order valence-corrected chi connectivity index (χ1v) is 5.92. The van der Waals surface area contributed by atoms with E-state index in [1.165, 1.54) is 7.11 Å². The number of methoxy groups -OCH3 is 1. The number of ether oxygens (including phenoxy) is 1. The van der Waals surface area contributed by atoms with Crippen LogP contribution >= 0.6 is 0 Å². The van der Waals surface area contributed by atoms with Gasteiger partial charge < -0.3 is 9.84 Å². The highest BCUT2D eigenvalue weighted by atomic mass is 16.5. The molecule has 0 heterocycles. The van der Waals surface area contributed by atoms with Gasteiger partial charge in [0, 0.05) is 0 Å². The van der Waals surface area contributed by atoms with Gasteiger partial charge in [-0.1, -0.05) is 0 Å². The molecule has 0 amide bonds. The molecule has 3 aliphatic rings. The number of carboxylic acids is 1. The Morgan fingerprint density at radius 3 is 2.19 bits per heavy atom. The molecule has 0 saturated heterocycles. The second-order valence-electron chi connectivity index (χ2n) is 5.44. The van der Waals surface area contributed by atoms with Crippen molar-refractivity contribution in [2.45, 2.75) is 25.7 Å². The number of hydrogen-bond donors (Lipinski definition) is 1. The van der Waals surface area contributed by atoms with Gasteiger partial charge in [-0.3, -0.25) is 9.59 Å². The Labute approximate surface area is 94.0 Å². The molecular weight excluding hydrogens is 208 g/mol. The molecule has 1 spiro atoms. The number of carbonyl (C=O) groups is 2. The number of hydrogen-bond acceptors (Lipinski definition) is 3. The van der Waals surface area contributed by atoms with Gasteiger partial charge in [-0.15, -0.1) is 0 Å². The van der Waals surface area contributed by atoms with Crippen LogP contribution in [-0.4, -0.2) is 24.2 Å². The van der Waals surface area contributed by atoms with E-state index in [0.717, 1.165) is 25.7 Å². The number of rotatable bonds is 2. The van der Waals surface area contributed by atoms with E-state index in [2.05, 4.69) is 0 Å². The van der Waals surface area contributed by atoms with Crippen LogP contribution in [0.4, 0.5) is 0 Å². The third-order valence-corrected chi connectivity index (χ3v) is 5.11. The summed E-state index contributed by atoms with van der Waals surface area (Å²) in [4.78, 5) is 23.1. The van der Waals surface area contributed by atoms with Crippen molar-refractivity contribution in [3.63, 3.8) is 0 Å². The van der Waals surface area contributed by atoms with Crippen LogP contribution in [0.25, 0.3) is 0 Å². The largest absolute Gasteiger partial charge is 0.481 e. The maximum absolute atomic E-state index is 11.7. The van der Waals surface area contributed by atoms with Crippen molar-refractivity contribution in [2.24, 2.45) is 29.1 Å². The minimum Gasteiger partial charge on any atom is -0.481 e. The average molecular weight is 224 g/mol. The molecule has 2 bridgehead atoms. The first-order chi connectivity index (χ1) is 7.62. The lowest BCUT2D eigenvalue weighted by atomic mass is 9.79. The smallest absolute Gasteiger partial charge is 0.309 e. The Morgan fingerprint density at radius 1 is 1.19 bits per heavy atom. The Bertz CT molecular complexity index is 358. The summed E-state index contributed by atoms with van der Waals surface area (Å²) in [5.74, 6) is -1.51. The molecule has 0 unspecified atom stereocenters. The molecule has 0 aromatic heterocycles. The molecule has 1 N–H and O–H groups in total. The van der Waals surface area contributed by atoms with E-state index in [4.69, 9.17) is 4.74 Å². The molecule has 0 radical (unpaired) electrons. The highest BCUT2D eigenvalue weighted by molar-refractivity contribution is 5.83. The molecule has 3 fully saturated rings. The highest BCUT2D eigenvalue weighted by Crippen LogP contribution is 2.74. The molecule has 4 nitrogen and oxygen atoms in total. The summed E-state index contributed by atoms with van der Waals surface area (Å²) in [5, 5.41) is 9.30. The normalized spacial score (nSPS) is 42.3. The van der Waals surface area contributed by atoms with Gasteiger partial charge >= 0.3 is 11.9 Å². The van der Waals surface area contributed by atoms with Gasteiger partial charge in [0.15, 0.2) is 0 Å². The lowest BCUT2D eigenvalue weighted by molar-refractivity contribution is -0.158. The van der Waals surface area contributed by atoms with Crippen molar-refractivity contribution in [3.8, 4) is 0 Å². The van der Waals surface area contributed by atoms with Crippen molar-refractivity contribution in [3.05, 3.63) is 0 Å². The van der Waals surface area contributed by atoms with E-state index >= 15 is 0 Å². The fraction of sp³-hybridized carbons (Fsp3) is 0.833. The van der Waals surface area contributed by atoms with Crippen LogP contribution in [0, 0.1) is 29.1 Å². The van der Waals surface area contributed by atoms with E-state index in [-0.39, 0.29) is 29.1 Å². The van der Waals surface area contributed by atoms with E-state index < -0.39 is 11.9 Å². The van der Waals surface area contributed by atoms with Crippen molar-refractivity contribution in [2.75, 3.05) is 7.11 Å². The zero-order valence-electron chi connectivity index (χ0n) is 9.31. The SMILES string of the molecule is COC(=O)[C@H]1[C@@H](C(=O)O)[C@@H]2CC[C@H]1C21CC1. The molecule has 88 valence electrons. The average Bonchev–Trinajstić information content (AvgIpc) is 2.92. The quantitative estimate of drug-likeness (QED) is 0.718. The maximum atomic E-state index is 11.7. The summed E-state index contributed by atoms with van der Waals surface area (Å²) in [6, 6.07) is 0. The summed E-state index contributed by atoms with van der Waals surface area (Å²) in [6.45, 7) is 0. The van der Waals surface area contributed by atoms with Crippen LogP contribution in [0.15, 0.2) is 0 Å². The number of carboxylic acid groups (broad SMARTS) is 1. The number of carbonyl (C=O) groups excluding carboxylic acids is 1. The summed E-state index contributed by atoms with van der Waals surface area (Å²) in [7, 11) is 1.35. The lowest BCUT2D eigenvalue weighted by Gasteiger charge is -2.25. The molecule has 0 aliphatic heterocycles. The standard InChI is InChI=1S/C12H16O4/c1-16-11(15)9-7-3-2-6(8(9)10(13)14)12(7)4-5-12/h6-9H,2-5H2,1H3,(H,13,14)/t6-,7+,8-,9+/m0/s1. The topological polar surface area (TPSA) is 63.6 Å². The van der Waals surface area contributed by atoms with Gasteiger partial charge in [-0.2, -0.15) is 0 Å². The van der Waals surface area contributed by atoms with Gasteiger partial charge in [-0.05, 0) is 42.9 Å². The van der Waals surface area contributed by atoms with Crippen molar-refractivity contribution in [1.82, 2.24) is 0 Å². The molecule has 3 aliphatic carbocycles. The third-order valence-electron chi connectivity index (χ3n) is 5.11. The number of esters is 1. The third kappa shape index (κ3) is 1.00. The van der Waals surface area contributed by atoms with Gasteiger partial charge in [0.1, 0.15) is 0 Å². The molecule has 3 saturated carbocycles. The van der Waals surface area contributed by atoms with E-state index in [0.29, 0.717) is 0 Å². The van der Waals surface area contributed by atoms with Gasteiger partial charge in [0.2, 0.25) is 0 Å². The van der Waals surface area contributed by atoms with Crippen LogP contribution in [0.3, 0.4) is 0 Å². The zero-order chi connectivity index (χ0) is 11.5. The van der Waals surface area contributed by atoms with Crippen molar-refractivity contribution >= 4 is 11.9 Å². The molecule has 0 aromatic carbocycles. The molecule has 4 heteroatoms. The van der Waals surface area contributed by atoms with Crippen LogP contribution in [-0.2, 0) is 14.3 Å². The zero-order valence-corrected chi connectivity index (χ0v) is 9.31. The molecule has 3 rings (SSSR count). The monoisotopic (exact) mass is 224 g/mol. The van der Waals surface area contributed by atoms with Crippen LogP contribution in [0.2, 0.25) is 0 Å². The van der Waals surface area contributed by atoms with E-state index in [1.807, 2.05) is 0 Å². The Hall–Kier alpha value is -1.06.